The number of rotatable bonds is 5. The maximum absolute atomic E-state index is 12.0. The van der Waals surface area contributed by atoms with Crippen LogP contribution in [0, 0.1) is 5.41 Å². The molecule has 1 aliphatic rings. The molecule has 0 atom stereocenters. The van der Waals surface area contributed by atoms with Crippen LogP contribution < -0.4 is 5.32 Å². The van der Waals surface area contributed by atoms with E-state index in [0.29, 0.717) is 11.4 Å². The molecule has 1 aromatic rings. The highest BCUT2D eigenvalue weighted by molar-refractivity contribution is 9.13. The third-order valence-corrected chi connectivity index (χ3v) is 6.69. The minimum Gasteiger partial charge on any atom is -0.481 e. The van der Waals surface area contributed by atoms with Crippen molar-refractivity contribution >= 4 is 55.1 Å². The van der Waals surface area contributed by atoms with E-state index in [1.807, 2.05) is 0 Å². The maximum Gasteiger partial charge on any atom is 0.303 e. The van der Waals surface area contributed by atoms with Gasteiger partial charge < -0.3 is 10.4 Å². The normalized spacial score (nSPS) is 16.7. The lowest BCUT2D eigenvalue weighted by atomic mass is 9.66. The number of aliphatic carboxylic acids is 1. The second-order valence-electron chi connectivity index (χ2n) is 4.84. The lowest BCUT2D eigenvalue weighted by Gasteiger charge is -2.40. The number of hydrogen-bond acceptors (Lipinski definition) is 3. The van der Waals surface area contributed by atoms with Crippen LogP contribution in [-0.2, 0) is 4.79 Å². The topological polar surface area (TPSA) is 66.4 Å². The molecule has 0 bridgehead atoms. The van der Waals surface area contributed by atoms with Crippen molar-refractivity contribution < 1.29 is 14.7 Å². The summed E-state index contributed by atoms with van der Waals surface area (Å²) in [6, 6.07) is 1.76. The molecule has 1 saturated carbocycles. The quantitative estimate of drug-likeness (QED) is 0.778. The van der Waals surface area contributed by atoms with E-state index >= 15 is 0 Å². The molecule has 19 heavy (non-hydrogen) atoms. The van der Waals surface area contributed by atoms with Crippen molar-refractivity contribution in [3.05, 3.63) is 19.2 Å². The smallest absolute Gasteiger partial charge is 0.303 e. The van der Waals surface area contributed by atoms with Gasteiger partial charge in [0.1, 0.15) is 0 Å². The summed E-state index contributed by atoms with van der Waals surface area (Å²) in [5.41, 5.74) is -0.243. The Bertz CT molecular complexity index is 492. The van der Waals surface area contributed by atoms with Gasteiger partial charge >= 0.3 is 5.97 Å². The van der Waals surface area contributed by atoms with Gasteiger partial charge in [-0.3, -0.25) is 9.59 Å². The number of carboxylic acid groups (broad SMARTS) is 1. The van der Waals surface area contributed by atoms with Gasteiger partial charge in [0.25, 0.3) is 5.91 Å². The van der Waals surface area contributed by atoms with E-state index in [2.05, 4.69) is 37.2 Å². The van der Waals surface area contributed by atoms with Crippen LogP contribution in [0.1, 0.15) is 35.4 Å². The number of carbonyl (C=O) groups excluding carboxylic acids is 1. The Morgan fingerprint density at radius 3 is 2.53 bits per heavy atom. The van der Waals surface area contributed by atoms with Crippen LogP contribution in [0.5, 0.6) is 0 Å². The highest BCUT2D eigenvalue weighted by atomic mass is 79.9. The van der Waals surface area contributed by atoms with Crippen molar-refractivity contribution in [1.29, 1.82) is 0 Å². The van der Waals surface area contributed by atoms with E-state index in [1.54, 1.807) is 6.07 Å². The molecular formula is C12H13Br2NO3S. The van der Waals surface area contributed by atoms with Crippen LogP contribution in [0.2, 0.25) is 0 Å². The lowest BCUT2D eigenvalue weighted by molar-refractivity contribution is -0.141. The van der Waals surface area contributed by atoms with Gasteiger partial charge in [-0.2, -0.15) is 0 Å². The van der Waals surface area contributed by atoms with Gasteiger partial charge in [-0.15, -0.1) is 11.3 Å². The Labute approximate surface area is 131 Å². The Kier molecular flexibility index (Phi) is 4.68. The summed E-state index contributed by atoms with van der Waals surface area (Å²) in [6.07, 6.45) is 2.92. The molecule has 0 aromatic carbocycles. The van der Waals surface area contributed by atoms with E-state index < -0.39 is 5.97 Å². The number of hydrogen-bond donors (Lipinski definition) is 2. The number of nitrogens with one attached hydrogen (secondary N) is 1. The third kappa shape index (κ3) is 3.58. The van der Waals surface area contributed by atoms with Gasteiger partial charge in [0, 0.05) is 11.0 Å². The third-order valence-electron chi connectivity index (χ3n) is 3.43. The first-order valence-electron chi connectivity index (χ1n) is 5.87. The van der Waals surface area contributed by atoms with Crippen molar-refractivity contribution in [2.45, 2.75) is 25.7 Å². The molecule has 0 unspecified atom stereocenters. The fourth-order valence-electron chi connectivity index (χ4n) is 2.23. The van der Waals surface area contributed by atoms with E-state index in [0.717, 1.165) is 27.5 Å². The molecule has 2 rings (SSSR count). The van der Waals surface area contributed by atoms with Crippen LogP contribution in [0.15, 0.2) is 14.3 Å². The maximum atomic E-state index is 12.0. The van der Waals surface area contributed by atoms with Crippen LogP contribution >= 0.6 is 43.2 Å². The molecule has 1 aromatic heterocycles. The zero-order valence-corrected chi connectivity index (χ0v) is 14.0. The molecule has 4 nitrogen and oxygen atoms in total. The van der Waals surface area contributed by atoms with E-state index in [-0.39, 0.29) is 17.7 Å². The molecular weight excluding hydrogens is 398 g/mol. The zero-order valence-electron chi connectivity index (χ0n) is 10.0. The first-order chi connectivity index (χ1) is 8.92. The number of halogens is 2. The first-order valence-corrected chi connectivity index (χ1v) is 8.27. The molecule has 2 N–H and O–H groups in total. The minimum absolute atomic E-state index is 0.130. The van der Waals surface area contributed by atoms with Crippen molar-refractivity contribution in [3.8, 4) is 0 Å². The Morgan fingerprint density at radius 2 is 2.11 bits per heavy atom. The predicted molar refractivity (Wildman–Crippen MR) is 80.6 cm³/mol. The van der Waals surface area contributed by atoms with Crippen molar-refractivity contribution in [3.63, 3.8) is 0 Å². The summed E-state index contributed by atoms with van der Waals surface area (Å²) < 4.78 is 1.73. The summed E-state index contributed by atoms with van der Waals surface area (Å²) in [6.45, 7) is 0.436. The van der Waals surface area contributed by atoms with Crippen LogP contribution in [-0.4, -0.2) is 23.5 Å². The second-order valence-corrected chi connectivity index (χ2v) is 8.06. The SMILES string of the molecule is O=C(O)CC1(CNC(=O)c2cc(Br)c(Br)s2)CCC1. The second kappa shape index (κ2) is 5.93. The summed E-state index contributed by atoms with van der Waals surface area (Å²) in [4.78, 5) is 23.5. The summed E-state index contributed by atoms with van der Waals surface area (Å²) >= 11 is 8.04. The van der Waals surface area contributed by atoms with Gasteiger partial charge in [0.05, 0.1) is 15.1 Å². The molecule has 104 valence electrons. The largest absolute Gasteiger partial charge is 0.481 e. The number of carbonyl (C=O) groups is 2. The van der Waals surface area contributed by atoms with E-state index in [1.165, 1.54) is 11.3 Å². The van der Waals surface area contributed by atoms with Gasteiger partial charge in [-0.25, -0.2) is 0 Å². The van der Waals surface area contributed by atoms with Crippen LogP contribution in [0.3, 0.4) is 0 Å². The number of carboxylic acids is 1. The molecule has 1 aliphatic carbocycles. The number of amides is 1. The first kappa shape index (κ1) is 15.0. The summed E-state index contributed by atoms with van der Waals surface area (Å²) in [5.74, 6) is -0.941. The van der Waals surface area contributed by atoms with Crippen molar-refractivity contribution in [2.75, 3.05) is 6.54 Å². The Balaban J connectivity index is 1.94. The van der Waals surface area contributed by atoms with Crippen molar-refractivity contribution in [2.24, 2.45) is 5.41 Å². The molecule has 0 spiro atoms. The molecule has 1 fully saturated rings. The average molecular weight is 411 g/mol. The van der Waals surface area contributed by atoms with Gasteiger partial charge in [-0.1, -0.05) is 6.42 Å². The fraction of sp³-hybridized carbons (Fsp3) is 0.500. The minimum atomic E-state index is -0.796. The van der Waals surface area contributed by atoms with Crippen LogP contribution in [0.25, 0.3) is 0 Å². The Morgan fingerprint density at radius 1 is 1.42 bits per heavy atom. The van der Waals surface area contributed by atoms with E-state index in [9.17, 15) is 9.59 Å². The molecule has 1 amide bonds. The molecule has 0 aliphatic heterocycles. The van der Waals surface area contributed by atoms with Crippen LogP contribution in [0.4, 0.5) is 0 Å². The highest BCUT2D eigenvalue weighted by Gasteiger charge is 2.39. The molecule has 7 heteroatoms. The Hall–Kier alpha value is -0.400. The summed E-state index contributed by atoms with van der Waals surface area (Å²) in [5, 5.41) is 11.8. The highest BCUT2D eigenvalue weighted by Crippen LogP contribution is 2.43. The van der Waals surface area contributed by atoms with Gasteiger partial charge in [0.2, 0.25) is 0 Å². The monoisotopic (exact) mass is 409 g/mol. The standard InChI is InChI=1S/C12H13Br2NO3S/c13-7-4-8(19-10(7)14)11(18)15-6-12(2-1-3-12)5-9(16)17/h4H,1-3,5-6H2,(H,15,18)(H,16,17). The zero-order chi connectivity index (χ0) is 14.0. The van der Waals surface area contributed by atoms with Gasteiger partial charge in [0.15, 0.2) is 0 Å². The molecule has 0 radical (unpaired) electrons. The lowest BCUT2D eigenvalue weighted by Crippen LogP contribution is -2.43. The van der Waals surface area contributed by atoms with Gasteiger partial charge in [-0.05, 0) is 56.2 Å². The van der Waals surface area contributed by atoms with E-state index in [4.69, 9.17) is 5.11 Å². The fourth-order valence-corrected chi connectivity index (χ4v) is 4.18. The average Bonchev–Trinajstić information content (AvgIpc) is 2.62. The predicted octanol–water partition coefficient (Wildman–Crippen LogP) is 3.65. The molecule has 1 heterocycles. The number of thiophene rings is 1. The van der Waals surface area contributed by atoms with Crippen molar-refractivity contribution in [1.82, 2.24) is 5.32 Å². The summed E-state index contributed by atoms with van der Waals surface area (Å²) in [7, 11) is 0. The molecule has 0 saturated heterocycles.